The van der Waals surface area contributed by atoms with Crippen LogP contribution in [0.2, 0.25) is 0 Å². The van der Waals surface area contributed by atoms with Gasteiger partial charge in [0, 0.05) is 61.9 Å². The van der Waals surface area contributed by atoms with Gasteiger partial charge in [0.1, 0.15) is 18.3 Å². The van der Waals surface area contributed by atoms with Gasteiger partial charge in [-0.3, -0.25) is 14.4 Å². The number of carbonyl (C=O) groups excluding carboxylic acids is 4. The lowest BCUT2D eigenvalue weighted by molar-refractivity contribution is -0.256. The van der Waals surface area contributed by atoms with Gasteiger partial charge in [0.05, 0.1) is 44.0 Å². The van der Waals surface area contributed by atoms with Gasteiger partial charge in [-0.2, -0.15) is 0 Å². The summed E-state index contributed by atoms with van der Waals surface area (Å²) >= 11 is 0. The minimum atomic E-state index is -1.12. The second kappa shape index (κ2) is 13.3. The van der Waals surface area contributed by atoms with Crippen LogP contribution >= 0.6 is 0 Å². The molecule has 0 amide bonds. The van der Waals surface area contributed by atoms with Crippen molar-refractivity contribution in [1.82, 2.24) is 0 Å². The molecular formula is C39H48O11. The van der Waals surface area contributed by atoms with Crippen LogP contribution in [0.25, 0.3) is 0 Å². The Hall–Kier alpha value is -3.96. The Labute approximate surface area is 292 Å². The second-order valence-corrected chi connectivity index (χ2v) is 15.0. The van der Waals surface area contributed by atoms with Gasteiger partial charge in [0.25, 0.3) is 0 Å². The van der Waals surface area contributed by atoms with Crippen molar-refractivity contribution in [2.75, 3.05) is 20.8 Å². The molecule has 1 aromatic carbocycles. The molecule has 270 valence electrons. The normalized spacial score (nSPS) is 37.5. The topological polar surface area (TPSA) is 137 Å². The lowest BCUT2D eigenvalue weighted by atomic mass is 9.39. The number of esters is 4. The van der Waals surface area contributed by atoms with Gasteiger partial charge in [-0.05, 0) is 48.6 Å². The first-order valence-electron chi connectivity index (χ1n) is 17.3. The van der Waals surface area contributed by atoms with E-state index < -0.39 is 82.5 Å². The number of furan rings is 1. The molecule has 2 heterocycles. The largest absolute Gasteiger partial charge is 0.472 e. The predicted octanol–water partition coefficient (Wildman–Crippen LogP) is 5.82. The van der Waals surface area contributed by atoms with Crippen LogP contribution in [0.3, 0.4) is 0 Å². The smallest absolute Gasteiger partial charge is 0.338 e. The molecule has 4 aliphatic rings. The van der Waals surface area contributed by atoms with Crippen molar-refractivity contribution >= 4 is 23.9 Å². The van der Waals surface area contributed by atoms with Crippen molar-refractivity contribution in [3.8, 4) is 0 Å². The maximum atomic E-state index is 14.1. The average Bonchev–Trinajstić information content (AvgIpc) is 3.82. The second-order valence-electron chi connectivity index (χ2n) is 15.0. The Bertz CT molecular complexity index is 1650. The SMILES string of the molecule is COC(=O)C[C@H]1[C@](C)(C2=C(C)C(c3ccoc3)C[C@@H]2OC)[C@H](OC(=O)c2ccccc2)[C@@H]2OC[C@]3(C)[C@H](OC(C)=O)C[C@H](OC(C)=O)[C@@]1(C)[C@@H]23. The van der Waals surface area contributed by atoms with Crippen molar-refractivity contribution in [2.45, 2.75) is 97.2 Å². The van der Waals surface area contributed by atoms with Gasteiger partial charge in [0.2, 0.25) is 0 Å². The average molecular weight is 693 g/mol. The Balaban J connectivity index is 1.63. The molecule has 2 aromatic rings. The zero-order valence-electron chi connectivity index (χ0n) is 30.1. The summed E-state index contributed by atoms with van der Waals surface area (Å²) in [6.45, 7) is 11.0. The number of methoxy groups -OCH3 is 2. The van der Waals surface area contributed by atoms with Crippen LogP contribution in [-0.2, 0) is 42.8 Å². The van der Waals surface area contributed by atoms with Crippen LogP contribution in [-0.4, -0.2) is 75.2 Å². The summed E-state index contributed by atoms with van der Waals surface area (Å²) in [7, 11) is 3.00. The van der Waals surface area contributed by atoms with Crippen molar-refractivity contribution in [3.05, 3.63) is 71.2 Å². The fourth-order valence-electron chi connectivity index (χ4n) is 10.5. The highest BCUT2D eigenvalue weighted by Gasteiger charge is 2.77. The lowest BCUT2D eigenvalue weighted by Gasteiger charge is -2.66. The van der Waals surface area contributed by atoms with Crippen molar-refractivity contribution < 1.29 is 52.0 Å². The van der Waals surface area contributed by atoms with Gasteiger partial charge in [-0.25, -0.2) is 4.79 Å². The van der Waals surface area contributed by atoms with Crippen LogP contribution < -0.4 is 0 Å². The molecule has 11 heteroatoms. The molecule has 50 heavy (non-hydrogen) atoms. The zero-order chi connectivity index (χ0) is 36.2. The summed E-state index contributed by atoms with van der Waals surface area (Å²) in [6, 6.07) is 10.7. The molecule has 1 aliphatic heterocycles. The first-order valence-corrected chi connectivity index (χ1v) is 17.3. The molecule has 11 atom stereocenters. The Kier molecular flexibility index (Phi) is 9.54. The number of carbonyl (C=O) groups is 4. The highest BCUT2D eigenvalue weighted by molar-refractivity contribution is 5.89. The third-order valence-corrected chi connectivity index (χ3v) is 12.5. The van der Waals surface area contributed by atoms with E-state index in [9.17, 15) is 19.2 Å². The molecule has 0 bridgehead atoms. The minimum Gasteiger partial charge on any atom is -0.472 e. The molecule has 3 fully saturated rings. The van der Waals surface area contributed by atoms with E-state index in [1.54, 1.807) is 43.9 Å². The van der Waals surface area contributed by atoms with E-state index in [-0.39, 0.29) is 25.4 Å². The monoisotopic (exact) mass is 692 g/mol. The molecular weight excluding hydrogens is 644 g/mol. The summed E-state index contributed by atoms with van der Waals surface area (Å²) < 4.78 is 42.7. The van der Waals surface area contributed by atoms with Gasteiger partial charge < -0.3 is 32.8 Å². The van der Waals surface area contributed by atoms with Crippen molar-refractivity contribution in [3.63, 3.8) is 0 Å². The molecule has 6 rings (SSSR count). The quantitative estimate of drug-likeness (QED) is 0.179. The van der Waals surface area contributed by atoms with E-state index in [0.29, 0.717) is 12.0 Å². The Morgan fingerprint density at radius 3 is 2.18 bits per heavy atom. The molecule has 1 aromatic heterocycles. The molecule has 2 saturated carbocycles. The van der Waals surface area contributed by atoms with E-state index in [4.69, 9.17) is 32.8 Å². The first-order chi connectivity index (χ1) is 23.7. The van der Waals surface area contributed by atoms with E-state index in [2.05, 4.69) is 6.92 Å². The third-order valence-electron chi connectivity index (χ3n) is 12.5. The van der Waals surface area contributed by atoms with Gasteiger partial charge in [-0.1, -0.05) is 44.5 Å². The number of rotatable bonds is 9. The summed E-state index contributed by atoms with van der Waals surface area (Å²) in [5, 5.41) is 0. The van der Waals surface area contributed by atoms with Crippen LogP contribution in [0, 0.1) is 28.1 Å². The fraction of sp³-hybridized carbons (Fsp3) is 0.590. The molecule has 1 saturated heterocycles. The van der Waals surface area contributed by atoms with E-state index in [1.165, 1.54) is 21.0 Å². The fourth-order valence-corrected chi connectivity index (χ4v) is 10.5. The summed E-state index contributed by atoms with van der Waals surface area (Å²) in [4.78, 5) is 53.1. The molecule has 0 N–H and O–H groups in total. The molecule has 0 spiro atoms. The molecule has 11 nitrogen and oxygen atoms in total. The summed E-state index contributed by atoms with van der Waals surface area (Å²) in [5.74, 6) is -3.16. The van der Waals surface area contributed by atoms with E-state index in [1.807, 2.05) is 32.9 Å². The summed E-state index contributed by atoms with van der Waals surface area (Å²) in [6.07, 6.45) is 0.513. The molecule has 3 aliphatic carbocycles. The molecule has 1 unspecified atom stereocenters. The number of benzene rings is 1. The Morgan fingerprint density at radius 2 is 1.58 bits per heavy atom. The highest BCUT2D eigenvalue weighted by Crippen LogP contribution is 2.72. The Morgan fingerprint density at radius 1 is 0.900 bits per heavy atom. The standard InChI is InChI=1S/C39H48O11/c1-21-26(25-14-15-46-19-25)16-27(44-7)32(21)39(6)28(17-31(42)45-8)38(5)30(49-23(3)41)18-29(48-22(2)40)37(4)20-47-33(34(37)38)35(39)50-36(43)24-12-10-9-11-13-24/h9-15,19,26-30,33-35H,16-18,20H2,1-8H3/t26?,27-,28+,29+,30-,33+,34-,35+,37+,38-,39+/m0/s1. The van der Waals surface area contributed by atoms with Gasteiger partial charge in [-0.15, -0.1) is 0 Å². The maximum Gasteiger partial charge on any atom is 0.338 e. The van der Waals surface area contributed by atoms with E-state index in [0.717, 1.165) is 16.7 Å². The van der Waals surface area contributed by atoms with E-state index >= 15 is 0 Å². The van der Waals surface area contributed by atoms with Crippen LogP contribution in [0.5, 0.6) is 0 Å². The number of allylic oxidation sites excluding steroid dienone is 1. The van der Waals surface area contributed by atoms with Crippen LogP contribution in [0.4, 0.5) is 0 Å². The first kappa shape index (κ1) is 35.9. The van der Waals surface area contributed by atoms with Crippen molar-refractivity contribution in [2.24, 2.45) is 28.1 Å². The van der Waals surface area contributed by atoms with Crippen LogP contribution in [0.1, 0.15) is 82.6 Å². The van der Waals surface area contributed by atoms with Crippen LogP contribution in [0.15, 0.2) is 64.5 Å². The highest BCUT2D eigenvalue weighted by atomic mass is 16.6. The predicted molar refractivity (Wildman–Crippen MR) is 179 cm³/mol. The zero-order valence-corrected chi connectivity index (χ0v) is 30.1. The van der Waals surface area contributed by atoms with Crippen molar-refractivity contribution in [1.29, 1.82) is 0 Å². The minimum absolute atomic E-state index is 0.0703. The van der Waals surface area contributed by atoms with Gasteiger partial charge >= 0.3 is 23.9 Å². The third kappa shape index (κ3) is 5.57. The summed E-state index contributed by atoms with van der Waals surface area (Å²) in [5.41, 5.74) is 0.391. The number of hydrogen-bond donors (Lipinski definition) is 0. The maximum absolute atomic E-state index is 14.1. The lowest BCUT2D eigenvalue weighted by Crippen LogP contribution is -2.72. The van der Waals surface area contributed by atoms with Gasteiger partial charge in [0.15, 0.2) is 0 Å². The number of hydrogen-bond acceptors (Lipinski definition) is 11. The number of ether oxygens (including phenoxy) is 6. The molecule has 0 radical (unpaired) electrons.